The molecule has 0 saturated heterocycles. The van der Waals surface area contributed by atoms with Crippen molar-refractivity contribution in [3.05, 3.63) is 92.4 Å². The Kier molecular flexibility index (Phi) is 9.95. The molecule has 0 unspecified atom stereocenters. The summed E-state index contributed by atoms with van der Waals surface area (Å²) >= 11 is 0. The van der Waals surface area contributed by atoms with Gasteiger partial charge in [0, 0.05) is 38.3 Å². The monoisotopic (exact) mass is 545 g/mol. The lowest BCUT2D eigenvalue weighted by Crippen LogP contribution is -2.41. The number of likely N-dealkylation sites (N-methyl/N-ethyl adjacent to an activating group) is 1. The van der Waals surface area contributed by atoms with Gasteiger partial charge < -0.3 is 20.1 Å². The van der Waals surface area contributed by atoms with Gasteiger partial charge in [0.05, 0.1) is 0 Å². The van der Waals surface area contributed by atoms with E-state index in [-0.39, 0.29) is 11.2 Å². The second-order valence-electron chi connectivity index (χ2n) is 10.5. The number of aromatic nitrogens is 4. The first-order valence-electron chi connectivity index (χ1n) is 14.3. The highest BCUT2D eigenvalue weighted by molar-refractivity contribution is 5.71. The SMILES string of the molecule is CCN(CC)CCn1c(Cc2ccccc2)nc2c1c(=O)n(CCCN(C)C)c(=O)n2CCc1ccccc1N. The molecule has 0 saturated carbocycles. The van der Waals surface area contributed by atoms with Crippen LogP contribution >= 0.6 is 0 Å². The van der Waals surface area contributed by atoms with Crippen molar-refractivity contribution in [1.29, 1.82) is 0 Å². The van der Waals surface area contributed by atoms with Crippen LogP contribution in [-0.2, 0) is 32.5 Å². The first-order chi connectivity index (χ1) is 19.3. The van der Waals surface area contributed by atoms with E-state index >= 15 is 0 Å². The number of nitrogen functional groups attached to an aromatic ring is 1. The maximum atomic E-state index is 14.0. The number of aryl methyl sites for hydroxylation is 2. The highest BCUT2D eigenvalue weighted by Gasteiger charge is 2.22. The minimum Gasteiger partial charge on any atom is -0.399 e. The van der Waals surface area contributed by atoms with Crippen molar-refractivity contribution in [3.8, 4) is 0 Å². The summed E-state index contributed by atoms with van der Waals surface area (Å²) in [5.41, 5.74) is 9.38. The van der Waals surface area contributed by atoms with E-state index in [1.165, 1.54) is 4.57 Å². The van der Waals surface area contributed by atoms with Gasteiger partial charge in [-0.1, -0.05) is 62.4 Å². The van der Waals surface area contributed by atoms with Crippen LogP contribution in [0, 0.1) is 0 Å². The number of benzene rings is 2. The van der Waals surface area contributed by atoms with E-state index in [2.05, 4.69) is 40.3 Å². The number of anilines is 1. The Morgan fingerprint density at radius 3 is 2.20 bits per heavy atom. The molecule has 0 aliphatic rings. The minimum atomic E-state index is -0.314. The van der Waals surface area contributed by atoms with Crippen molar-refractivity contribution in [2.24, 2.45) is 0 Å². The van der Waals surface area contributed by atoms with Gasteiger partial charge >= 0.3 is 5.69 Å². The highest BCUT2D eigenvalue weighted by atomic mass is 16.2. The summed E-state index contributed by atoms with van der Waals surface area (Å²) in [7, 11) is 3.99. The van der Waals surface area contributed by atoms with Crippen molar-refractivity contribution in [2.75, 3.05) is 46.0 Å². The third-order valence-electron chi connectivity index (χ3n) is 7.58. The molecule has 2 aromatic carbocycles. The fourth-order valence-corrected chi connectivity index (χ4v) is 5.21. The number of nitrogens with two attached hydrogens (primary N) is 1. The van der Waals surface area contributed by atoms with E-state index in [1.54, 1.807) is 4.57 Å². The smallest absolute Gasteiger partial charge is 0.332 e. The van der Waals surface area contributed by atoms with Gasteiger partial charge in [-0.25, -0.2) is 9.78 Å². The van der Waals surface area contributed by atoms with Crippen LogP contribution in [0.15, 0.2) is 64.2 Å². The number of rotatable bonds is 14. The summed E-state index contributed by atoms with van der Waals surface area (Å²) in [4.78, 5) is 37.3. The zero-order valence-corrected chi connectivity index (χ0v) is 24.3. The second-order valence-corrected chi connectivity index (χ2v) is 10.5. The van der Waals surface area contributed by atoms with E-state index in [0.29, 0.717) is 55.7 Å². The topological polar surface area (TPSA) is 94.3 Å². The molecule has 2 N–H and O–H groups in total. The predicted octanol–water partition coefficient (Wildman–Crippen LogP) is 3.07. The Morgan fingerprint density at radius 1 is 0.825 bits per heavy atom. The fraction of sp³-hybridized carbons (Fsp3) is 0.452. The van der Waals surface area contributed by atoms with Gasteiger partial charge in [0.15, 0.2) is 11.2 Å². The summed E-state index contributed by atoms with van der Waals surface area (Å²) < 4.78 is 5.14. The van der Waals surface area contributed by atoms with Crippen LogP contribution in [0.25, 0.3) is 11.2 Å². The van der Waals surface area contributed by atoms with Gasteiger partial charge in [-0.3, -0.25) is 13.9 Å². The number of para-hydroxylation sites is 1. The second kappa shape index (κ2) is 13.6. The molecule has 0 aliphatic heterocycles. The van der Waals surface area contributed by atoms with Gasteiger partial charge in [-0.2, -0.15) is 0 Å². The number of hydrogen-bond acceptors (Lipinski definition) is 6. The molecule has 0 amide bonds. The first-order valence-corrected chi connectivity index (χ1v) is 14.3. The molecular weight excluding hydrogens is 502 g/mol. The molecule has 0 aliphatic carbocycles. The van der Waals surface area contributed by atoms with E-state index in [4.69, 9.17) is 10.7 Å². The number of imidazole rings is 1. The maximum absolute atomic E-state index is 14.0. The van der Waals surface area contributed by atoms with Crippen molar-refractivity contribution < 1.29 is 0 Å². The summed E-state index contributed by atoms with van der Waals surface area (Å²) in [5.74, 6) is 0.795. The van der Waals surface area contributed by atoms with Gasteiger partial charge in [-0.05, 0) is 63.8 Å². The van der Waals surface area contributed by atoms with Crippen LogP contribution < -0.4 is 17.0 Å². The van der Waals surface area contributed by atoms with Gasteiger partial charge in [0.2, 0.25) is 0 Å². The van der Waals surface area contributed by atoms with E-state index in [0.717, 1.165) is 43.1 Å². The lowest BCUT2D eigenvalue weighted by molar-refractivity contribution is 0.290. The molecule has 0 spiro atoms. The van der Waals surface area contributed by atoms with Crippen LogP contribution in [0.5, 0.6) is 0 Å². The molecule has 0 bridgehead atoms. The van der Waals surface area contributed by atoms with Crippen LogP contribution in [0.1, 0.15) is 37.2 Å². The van der Waals surface area contributed by atoms with Gasteiger partial charge in [-0.15, -0.1) is 0 Å². The zero-order chi connectivity index (χ0) is 28.6. The summed E-state index contributed by atoms with van der Waals surface area (Å²) in [6.45, 7) is 9.08. The van der Waals surface area contributed by atoms with Crippen LogP contribution in [0.2, 0.25) is 0 Å². The average molecular weight is 546 g/mol. The Bertz CT molecular complexity index is 1510. The third-order valence-corrected chi connectivity index (χ3v) is 7.58. The number of hydrogen-bond donors (Lipinski definition) is 1. The molecule has 40 heavy (non-hydrogen) atoms. The molecule has 2 aromatic heterocycles. The largest absolute Gasteiger partial charge is 0.399 e. The molecule has 0 radical (unpaired) electrons. The Labute approximate surface area is 236 Å². The quantitative estimate of drug-likeness (QED) is 0.245. The average Bonchev–Trinajstić information content (AvgIpc) is 3.30. The van der Waals surface area contributed by atoms with Crippen molar-refractivity contribution in [1.82, 2.24) is 28.5 Å². The summed E-state index contributed by atoms with van der Waals surface area (Å²) in [6.07, 6.45) is 1.84. The molecule has 9 nitrogen and oxygen atoms in total. The highest BCUT2D eigenvalue weighted by Crippen LogP contribution is 2.18. The zero-order valence-electron chi connectivity index (χ0n) is 24.3. The van der Waals surface area contributed by atoms with Crippen molar-refractivity contribution >= 4 is 16.9 Å². The number of fused-ring (bicyclic) bond motifs is 1. The molecular formula is C31H43N7O2. The number of nitrogens with zero attached hydrogens (tertiary/aromatic N) is 6. The lowest BCUT2D eigenvalue weighted by atomic mass is 10.1. The summed E-state index contributed by atoms with van der Waals surface area (Å²) in [6, 6.07) is 17.9. The molecule has 4 rings (SSSR count). The van der Waals surface area contributed by atoms with Crippen molar-refractivity contribution in [3.63, 3.8) is 0 Å². The van der Waals surface area contributed by atoms with Crippen LogP contribution in [0.3, 0.4) is 0 Å². The van der Waals surface area contributed by atoms with Crippen LogP contribution in [0.4, 0.5) is 5.69 Å². The molecule has 214 valence electrons. The normalized spacial score (nSPS) is 11.8. The fourth-order valence-electron chi connectivity index (χ4n) is 5.21. The van der Waals surface area contributed by atoms with Gasteiger partial charge in [0.1, 0.15) is 5.82 Å². The van der Waals surface area contributed by atoms with E-state index in [1.807, 2.05) is 56.6 Å². The minimum absolute atomic E-state index is 0.263. The Morgan fingerprint density at radius 2 is 1.52 bits per heavy atom. The molecule has 9 heteroatoms. The maximum Gasteiger partial charge on any atom is 0.332 e. The van der Waals surface area contributed by atoms with Gasteiger partial charge in [0.25, 0.3) is 5.56 Å². The first kappa shape index (κ1) is 29.3. The molecule has 4 aromatic rings. The molecule has 2 heterocycles. The van der Waals surface area contributed by atoms with E-state index in [9.17, 15) is 9.59 Å². The molecule has 0 atom stereocenters. The van der Waals surface area contributed by atoms with Crippen LogP contribution in [-0.4, -0.2) is 68.8 Å². The standard InChI is InChI=1S/C31H43N7O2/c1-5-35(6-2)21-22-36-27(23-24-13-8-7-9-14-24)33-29-28(36)30(39)38(19-12-18-34(3)4)31(40)37(29)20-17-25-15-10-11-16-26(25)32/h7-11,13-16H,5-6,12,17-23,32H2,1-4H3. The Hall–Kier alpha value is -3.69. The predicted molar refractivity (Wildman–Crippen MR) is 163 cm³/mol. The molecule has 0 fully saturated rings. The summed E-state index contributed by atoms with van der Waals surface area (Å²) in [5, 5.41) is 0. The lowest BCUT2D eigenvalue weighted by Gasteiger charge is -2.19. The van der Waals surface area contributed by atoms with E-state index < -0.39 is 0 Å². The Balaban J connectivity index is 1.87. The third kappa shape index (κ3) is 6.71. The van der Waals surface area contributed by atoms with Crippen molar-refractivity contribution in [2.45, 2.75) is 52.7 Å².